The molecule has 0 radical (unpaired) electrons. The van der Waals surface area contributed by atoms with E-state index in [2.05, 4.69) is 15.3 Å². The van der Waals surface area contributed by atoms with E-state index in [1.165, 1.54) is 35.6 Å². The highest BCUT2D eigenvalue weighted by molar-refractivity contribution is 7.81. The molecule has 2 heterocycles. The lowest BCUT2D eigenvalue weighted by Crippen LogP contribution is -2.23. The van der Waals surface area contributed by atoms with Crippen molar-refractivity contribution in [2.75, 3.05) is 9.62 Å². The quantitative estimate of drug-likeness (QED) is 0.433. The molecule has 0 saturated carbocycles. The smallest absolute Gasteiger partial charge is 0.259 e. The predicted molar refractivity (Wildman–Crippen MR) is 117 cm³/mol. The van der Waals surface area contributed by atoms with Crippen LogP contribution in [0.25, 0.3) is 11.3 Å². The lowest BCUT2D eigenvalue weighted by atomic mass is 10.1. The molecule has 0 spiro atoms. The van der Waals surface area contributed by atoms with Crippen LogP contribution >= 0.6 is 11.3 Å². The standard InChI is InChI=1S/C21H15FN4O3S2/c22-15-5-7-16(8-6-15)26(31(28)29)19-4-2-1-3-17(19)20(27)25-21-24-18(13-30-21)14-9-11-23-12-10-14/h1-13H,(H,28,29)(H,24,25,27)/p-1. The van der Waals surface area contributed by atoms with Gasteiger partial charge in [-0.25, -0.2) is 9.37 Å². The van der Waals surface area contributed by atoms with Gasteiger partial charge in [0, 0.05) is 23.3 Å². The first-order chi connectivity index (χ1) is 15.0. The molecule has 0 bridgehead atoms. The third-order valence-corrected chi connectivity index (χ3v) is 5.74. The fraction of sp³-hybridized carbons (Fsp3) is 0. The summed E-state index contributed by atoms with van der Waals surface area (Å²) in [5.41, 5.74) is 1.99. The van der Waals surface area contributed by atoms with Crippen molar-refractivity contribution in [2.45, 2.75) is 0 Å². The first-order valence-corrected chi connectivity index (χ1v) is 10.9. The van der Waals surface area contributed by atoms with Crippen LogP contribution in [0.5, 0.6) is 0 Å². The minimum absolute atomic E-state index is 0.122. The number of para-hydroxylation sites is 1. The normalized spacial score (nSPS) is 11.7. The van der Waals surface area contributed by atoms with Crippen LogP contribution < -0.4 is 9.62 Å². The van der Waals surface area contributed by atoms with Gasteiger partial charge in [-0.15, -0.1) is 11.3 Å². The Morgan fingerprint density at radius 2 is 1.77 bits per heavy atom. The SMILES string of the molecule is O=C(Nc1nc(-c2ccncc2)cs1)c1ccccc1N(c1ccc(F)cc1)S(=O)[O-]. The topological polar surface area (TPSA) is 98.2 Å². The zero-order chi connectivity index (χ0) is 21.8. The zero-order valence-corrected chi connectivity index (χ0v) is 17.4. The molecule has 0 aliphatic carbocycles. The number of halogens is 1. The molecular formula is C21H14FN4O3S2-. The van der Waals surface area contributed by atoms with Crippen LogP contribution in [0.1, 0.15) is 10.4 Å². The molecule has 0 saturated heterocycles. The Kier molecular flexibility index (Phi) is 6.12. The number of anilines is 3. The molecule has 1 amide bonds. The van der Waals surface area contributed by atoms with Gasteiger partial charge in [0.15, 0.2) is 5.13 Å². The highest BCUT2D eigenvalue weighted by atomic mass is 32.2. The molecule has 10 heteroatoms. The number of carbonyl (C=O) groups excluding carboxylic acids is 1. The molecule has 31 heavy (non-hydrogen) atoms. The molecule has 1 N–H and O–H groups in total. The van der Waals surface area contributed by atoms with E-state index in [4.69, 9.17) is 0 Å². The molecule has 2 aromatic heterocycles. The van der Waals surface area contributed by atoms with Crippen molar-refractivity contribution < 1.29 is 17.9 Å². The summed E-state index contributed by atoms with van der Waals surface area (Å²) in [6.45, 7) is 0. The number of aromatic nitrogens is 2. The maximum atomic E-state index is 13.3. The van der Waals surface area contributed by atoms with E-state index in [-0.39, 0.29) is 16.9 Å². The second-order valence-electron chi connectivity index (χ2n) is 6.23. The highest BCUT2D eigenvalue weighted by Gasteiger charge is 2.20. The van der Waals surface area contributed by atoms with Gasteiger partial charge in [-0.2, -0.15) is 0 Å². The van der Waals surface area contributed by atoms with Crippen LogP contribution in [0.2, 0.25) is 0 Å². The number of nitrogens with one attached hydrogen (secondary N) is 1. The number of rotatable bonds is 6. The lowest BCUT2D eigenvalue weighted by molar-refractivity contribution is 0.102. The van der Waals surface area contributed by atoms with Crippen molar-refractivity contribution in [1.82, 2.24) is 9.97 Å². The van der Waals surface area contributed by atoms with Gasteiger partial charge in [-0.05, 0) is 48.5 Å². The van der Waals surface area contributed by atoms with Gasteiger partial charge < -0.3 is 4.55 Å². The summed E-state index contributed by atoms with van der Waals surface area (Å²) >= 11 is -1.50. The molecule has 0 fully saturated rings. The summed E-state index contributed by atoms with van der Waals surface area (Å²) in [7, 11) is 0. The molecular weight excluding hydrogens is 439 g/mol. The van der Waals surface area contributed by atoms with E-state index >= 15 is 0 Å². The number of thiazole rings is 1. The number of carbonyl (C=O) groups is 1. The summed E-state index contributed by atoms with van der Waals surface area (Å²) < 4.78 is 38.1. The van der Waals surface area contributed by atoms with E-state index in [1.54, 1.807) is 42.0 Å². The van der Waals surface area contributed by atoms with Gasteiger partial charge in [0.1, 0.15) is 5.82 Å². The van der Waals surface area contributed by atoms with Crippen LogP contribution in [0.4, 0.5) is 20.9 Å². The van der Waals surface area contributed by atoms with E-state index < -0.39 is 23.0 Å². The first kappa shape index (κ1) is 20.8. The van der Waals surface area contributed by atoms with E-state index in [0.29, 0.717) is 10.8 Å². The summed E-state index contributed by atoms with van der Waals surface area (Å²) in [5, 5.41) is 4.87. The van der Waals surface area contributed by atoms with Crippen LogP contribution in [-0.4, -0.2) is 24.6 Å². The molecule has 1 atom stereocenters. The fourth-order valence-corrected chi connectivity index (χ4v) is 4.20. The van der Waals surface area contributed by atoms with Crippen LogP contribution in [0, 0.1) is 5.82 Å². The van der Waals surface area contributed by atoms with E-state index in [1.807, 2.05) is 0 Å². The largest absolute Gasteiger partial charge is 0.755 e. The summed E-state index contributed by atoms with van der Waals surface area (Å²) in [6, 6.07) is 14.8. The lowest BCUT2D eigenvalue weighted by Gasteiger charge is -2.28. The van der Waals surface area contributed by atoms with Gasteiger partial charge in [-0.1, -0.05) is 12.1 Å². The van der Waals surface area contributed by atoms with Crippen molar-refractivity contribution in [1.29, 1.82) is 0 Å². The maximum Gasteiger partial charge on any atom is 0.259 e. The van der Waals surface area contributed by atoms with Gasteiger partial charge in [-0.3, -0.25) is 23.6 Å². The second kappa shape index (κ2) is 9.13. The predicted octanol–water partition coefficient (Wildman–Crippen LogP) is 4.53. The summed E-state index contributed by atoms with van der Waals surface area (Å²) in [5.74, 6) is -1.02. The van der Waals surface area contributed by atoms with Crippen LogP contribution in [0.3, 0.4) is 0 Å². The monoisotopic (exact) mass is 453 g/mol. The van der Waals surface area contributed by atoms with Crippen molar-refractivity contribution in [3.05, 3.63) is 89.8 Å². The highest BCUT2D eigenvalue weighted by Crippen LogP contribution is 2.31. The molecule has 0 aliphatic heterocycles. The third-order valence-electron chi connectivity index (χ3n) is 4.28. The maximum absolute atomic E-state index is 13.3. The summed E-state index contributed by atoms with van der Waals surface area (Å²) in [4.78, 5) is 21.3. The Morgan fingerprint density at radius 3 is 2.48 bits per heavy atom. The molecule has 7 nitrogen and oxygen atoms in total. The number of hydrogen-bond acceptors (Lipinski definition) is 6. The Bertz CT molecular complexity index is 1230. The van der Waals surface area contributed by atoms with Gasteiger partial charge in [0.05, 0.1) is 33.9 Å². The van der Waals surface area contributed by atoms with Gasteiger partial charge in [0.25, 0.3) is 5.91 Å². The van der Waals surface area contributed by atoms with Gasteiger partial charge in [0.2, 0.25) is 0 Å². The van der Waals surface area contributed by atoms with E-state index in [9.17, 15) is 17.9 Å². The molecule has 1 unspecified atom stereocenters. The summed E-state index contributed by atoms with van der Waals surface area (Å²) in [6.07, 6.45) is 3.30. The first-order valence-electron chi connectivity index (χ1n) is 8.94. The van der Waals surface area contributed by atoms with Crippen LogP contribution in [-0.2, 0) is 11.3 Å². The Balaban J connectivity index is 1.63. The van der Waals surface area contributed by atoms with Crippen molar-refractivity contribution in [3.8, 4) is 11.3 Å². The molecule has 0 aliphatic rings. The Hall–Kier alpha value is -3.47. The van der Waals surface area contributed by atoms with Gasteiger partial charge >= 0.3 is 0 Å². The average molecular weight is 454 g/mol. The number of pyridine rings is 1. The second-order valence-corrected chi connectivity index (χ2v) is 7.89. The number of hydrogen-bond donors (Lipinski definition) is 1. The zero-order valence-electron chi connectivity index (χ0n) is 15.8. The van der Waals surface area contributed by atoms with Crippen LogP contribution in [0.15, 0.2) is 78.4 Å². The van der Waals surface area contributed by atoms with Crippen molar-refractivity contribution in [3.63, 3.8) is 0 Å². The van der Waals surface area contributed by atoms with E-state index in [0.717, 1.165) is 22.0 Å². The third kappa shape index (κ3) is 4.66. The number of amides is 1. The Labute approximate surface area is 183 Å². The Morgan fingerprint density at radius 1 is 1.06 bits per heavy atom. The fourth-order valence-electron chi connectivity index (χ4n) is 2.88. The average Bonchev–Trinajstić information content (AvgIpc) is 3.24. The molecule has 2 aromatic carbocycles. The van der Waals surface area contributed by atoms with Crippen molar-refractivity contribution >= 4 is 45.0 Å². The molecule has 4 rings (SSSR count). The minimum atomic E-state index is -2.74. The minimum Gasteiger partial charge on any atom is -0.755 e. The number of nitrogens with zero attached hydrogens (tertiary/aromatic N) is 3. The number of benzene rings is 2. The van der Waals surface area contributed by atoms with Crippen molar-refractivity contribution in [2.24, 2.45) is 0 Å². The molecule has 156 valence electrons. The molecule has 4 aromatic rings.